The number of carbonyl (C=O) groups excluding carboxylic acids is 1. The van der Waals surface area contributed by atoms with E-state index in [1.165, 1.54) is 0 Å². The lowest BCUT2D eigenvalue weighted by atomic mass is 10.1. The molecule has 0 saturated heterocycles. The fraction of sp³-hybridized carbons (Fsp3) is 0.154. The molecule has 0 aliphatic carbocycles. The predicted octanol–water partition coefficient (Wildman–Crippen LogP) is 4.70. The maximum absolute atomic E-state index is 12.6. The molecule has 0 spiro atoms. The first-order chi connectivity index (χ1) is 16.5. The van der Waals surface area contributed by atoms with Gasteiger partial charge in [-0.2, -0.15) is 5.10 Å². The largest absolute Gasteiger partial charge is 0.350 e. The van der Waals surface area contributed by atoms with Gasteiger partial charge in [-0.3, -0.25) is 4.79 Å². The standard InChI is InChI=1S/C26H25N7O/c1-17-14-18(2)33(31-17)25-13-12-24(29-30-25)27-20-8-10-21(11-9-20)28-26(34)15-19-16-32(3)23-7-5-4-6-22(19)23/h4-14,16H,15H2,1-3H3,(H,27,29)(H,28,34). The summed E-state index contributed by atoms with van der Waals surface area (Å²) < 4.78 is 3.81. The summed E-state index contributed by atoms with van der Waals surface area (Å²) in [7, 11) is 1.99. The average Bonchev–Trinajstić information content (AvgIpc) is 3.33. The number of hydrogen-bond acceptors (Lipinski definition) is 5. The van der Waals surface area contributed by atoms with E-state index in [0.29, 0.717) is 18.1 Å². The number of fused-ring (bicyclic) bond motifs is 1. The van der Waals surface area contributed by atoms with Gasteiger partial charge >= 0.3 is 0 Å². The van der Waals surface area contributed by atoms with Crippen LogP contribution in [0.3, 0.4) is 0 Å². The quantitative estimate of drug-likeness (QED) is 0.391. The van der Waals surface area contributed by atoms with E-state index in [-0.39, 0.29) is 5.91 Å². The van der Waals surface area contributed by atoms with E-state index < -0.39 is 0 Å². The van der Waals surface area contributed by atoms with Crippen molar-refractivity contribution in [3.05, 3.63) is 89.9 Å². The van der Waals surface area contributed by atoms with Crippen molar-refractivity contribution < 1.29 is 4.79 Å². The van der Waals surface area contributed by atoms with Crippen LogP contribution in [-0.2, 0) is 18.3 Å². The Morgan fingerprint density at radius 3 is 2.41 bits per heavy atom. The third-order valence-electron chi connectivity index (χ3n) is 5.65. The third-order valence-corrected chi connectivity index (χ3v) is 5.65. The van der Waals surface area contributed by atoms with Gasteiger partial charge in [-0.05, 0) is 67.9 Å². The molecule has 0 aliphatic rings. The lowest BCUT2D eigenvalue weighted by molar-refractivity contribution is -0.115. The van der Waals surface area contributed by atoms with E-state index in [1.54, 1.807) is 4.68 Å². The van der Waals surface area contributed by atoms with Crippen molar-refractivity contribution in [3.63, 3.8) is 0 Å². The van der Waals surface area contributed by atoms with Gasteiger partial charge in [0, 0.05) is 41.2 Å². The molecule has 5 rings (SSSR count). The molecule has 0 saturated carbocycles. The Labute approximate surface area is 197 Å². The van der Waals surface area contributed by atoms with E-state index in [2.05, 4.69) is 32.0 Å². The number of nitrogens with zero attached hydrogens (tertiary/aromatic N) is 5. The molecule has 2 N–H and O–H groups in total. The van der Waals surface area contributed by atoms with Gasteiger partial charge in [0.15, 0.2) is 11.6 Å². The van der Waals surface area contributed by atoms with Crippen LogP contribution in [0.2, 0.25) is 0 Å². The Morgan fingerprint density at radius 2 is 1.71 bits per heavy atom. The van der Waals surface area contributed by atoms with E-state index in [1.807, 2.05) is 92.3 Å². The zero-order valence-corrected chi connectivity index (χ0v) is 19.3. The molecule has 170 valence electrons. The van der Waals surface area contributed by atoms with E-state index in [9.17, 15) is 4.79 Å². The van der Waals surface area contributed by atoms with Gasteiger partial charge in [-0.15, -0.1) is 10.2 Å². The molecule has 0 fully saturated rings. The van der Waals surface area contributed by atoms with Crippen LogP contribution in [0.4, 0.5) is 17.2 Å². The molecule has 3 aromatic heterocycles. The highest BCUT2D eigenvalue weighted by Gasteiger charge is 2.11. The fourth-order valence-corrected chi connectivity index (χ4v) is 4.10. The van der Waals surface area contributed by atoms with Crippen LogP contribution in [0.1, 0.15) is 17.0 Å². The molecule has 0 unspecified atom stereocenters. The molecule has 5 aromatic rings. The van der Waals surface area contributed by atoms with E-state index in [4.69, 9.17) is 0 Å². The first-order valence-electron chi connectivity index (χ1n) is 11.0. The Morgan fingerprint density at radius 1 is 0.941 bits per heavy atom. The topological polar surface area (TPSA) is 89.7 Å². The van der Waals surface area contributed by atoms with Crippen LogP contribution in [0.15, 0.2) is 72.9 Å². The molecular weight excluding hydrogens is 426 g/mol. The summed E-state index contributed by atoms with van der Waals surface area (Å²) in [5.74, 6) is 1.24. The Kier molecular flexibility index (Phi) is 5.55. The molecule has 0 bridgehead atoms. The number of hydrogen-bond donors (Lipinski definition) is 2. The zero-order chi connectivity index (χ0) is 23.7. The molecule has 3 heterocycles. The minimum Gasteiger partial charge on any atom is -0.350 e. The molecule has 34 heavy (non-hydrogen) atoms. The summed E-state index contributed by atoms with van der Waals surface area (Å²) in [6, 6.07) is 21.3. The number of aromatic nitrogens is 5. The second-order valence-electron chi connectivity index (χ2n) is 8.33. The Balaban J connectivity index is 1.21. The zero-order valence-electron chi connectivity index (χ0n) is 19.3. The number of aryl methyl sites for hydroxylation is 3. The van der Waals surface area contributed by atoms with Gasteiger partial charge in [-0.25, -0.2) is 4.68 Å². The van der Waals surface area contributed by atoms with Gasteiger partial charge in [0.25, 0.3) is 0 Å². The van der Waals surface area contributed by atoms with Crippen LogP contribution < -0.4 is 10.6 Å². The van der Waals surface area contributed by atoms with Crippen molar-refractivity contribution >= 4 is 34.0 Å². The Hall–Kier alpha value is -4.46. The summed E-state index contributed by atoms with van der Waals surface area (Å²) in [5, 5.41) is 20.3. The predicted molar refractivity (Wildman–Crippen MR) is 134 cm³/mol. The molecular formula is C26H25N7O. The number of rotatable bonds is 6. The second-order valence-corrected chi connectivity index (χ2v) is 8.33. The molecule has 8 heteroatoms. The van der Waals surface area contributed by atoms with Gasteiger partial charge in [0.1, 0.15) is 0 Å². The van der Waals surface area contributed by atoms with E-state index in [0.717, 1.165) is 39.2 Å². The maximum Gasteiger partial charge on any atom is 0.228 e. The SMILES string of the molecule is Cc1cc(C)n(-c2ccc(Nc3ccc(NC(=O)Cc4cn(C)c5ccccc45)cc3)nn2)n1. The number of benzene rings is 2. The summed E-state index contributed by atoms with van der Waals surface area (Å²) in [4.78, 5) is 12.6. The summed E-state index contributed by atoms with van der Waals surface area (Å²) in [6.07, 6.45) is 2.33. The van der Waals surface area contributed by atoms with Crippen molar-refractivity contribution in [1.29, 1.82) is 0 Å². The van der Waals surface area contributed by atoms with Crippen molar-refractivity contribution in [3.8, 4) is 5.82 Å². The summed E-state index contributed by atoms with van der Waals surface area (Å²) in [6.45, 7) is 3.93. The smallest absolute Gasteiger partial charge is 0.228 e. The lowest BCUT2D eigenvalue weighted by Gasteiger charge is -2.09. The van der Waals surface area contributed by atoms with E-state index >= 15 is 0 Å². The van der Waals surface area contributed by atoms with Crippen LogP contribution >= 0.6 is 0 Å². The molecule has 0 aliphatic heterocycles. The number of amides is 1. The fourth-order valence-electron chi connectivity index (χ4n) is 4.10. The minimum atomic E-state index is -0.0531. The third kappa shape index (κ3) is 4.38. The highest BCUT2D eigenvalue weighted by molar-refractivity contribution is 5.96. The molecule has 1 amide bonds. The Bertz CT molecular complexity index is 1460. The van der Waals surface area contributed by atoms with Gasteiger partial charge in [-0.1, -0.05) is 18.2 Å². The first kappa shape index (κ1) is 21.4. The molecule has 8 nitrogen and oxygen atoms in total. The van der Waals surface area contributed by atoms with Crippen molar-refractivity contribution in [1.82, 2.24) is 24.5 Å². The molecule has 0 radical (unpaired) electrons. The summed E-state index contributed by atoms with van der Waals surface area (Å²) >= 11 is 0. The van der Waals surface area contributed by atoms with Crippen LogP contribution in [0, 0.1) is 13.8 Å². The minimum absolute atomic E-state index is 0.0531. The van der Waals surface area contributed by atoms with Crippen molar-refractivity contribution in [2.75, 3.05) is 10.6 Å². The van der Waals surface area contributed by atoms with Gasteiger partial charge in [0.05, 0.1) is 12.1 Å². The van der Waals surface area contributed by atoms with Gasteiger partial charge < -0.3 is 15.2 Å². The van der Waals surface area contributed by atoms with Crippen LogP contribution in [0.5, 0.6) is 0 Å². The second kappa shape index (κ2) is 8.82. The first-order valence-corrected chi connectivity index (χ1v) is 11.0. The van der Waals surface area contributed by atoms with Crippen LogP contribution in [0.25, 0.3) is 16.7 Å². The lowest BCUT2D eigenvalue weighted by Crippen LogP contribution is -2.14. The highest BCUT2D eigenvalue weighted by atomic mass is 16.1. The average molecular weight is 452 g/mol. The highest BCUT2D eigenvalue weighted by Crippen LogP contribution is 2.22. The molecule has 2 aromatic carbocycles. The van der Waals surface area contributed by atoms with Crippen molar-refractivity contribution in [2.24, 2.45) is 7.05 Å². The summed E-state index contributed by atoms with van der Waals surface area (Å²) in [5.41, 5.74) is 5.65. The normalized spacial score (nSPS) is 11.0. The number of carbonyl (C=O) groups is 1. The monoisotopic (exact) mass is 451 g/mol. The maximum atomic E-state index is 12.6. The van der Waals surface area contributed by atoms with Crippen LogP contribution in [-0.4, -0.2) is 30.5 Å². The van der Waals surface area contributed by atoms with Crippen molar-refractivity contribution in [2.45, 2.75) is 20.3 Å². The van der Waals surface area contributed by atoms with Gasteiger partial charge in [0.2, 0.25) is 5.91 Å². The number of anilines is 3. The number of para-hydroxylation sites is 1. The molecule has 0 atom stereocenters. The number of nitrogens with one attached hydrogen (secondary N) is 2.